The van der Waals surface area contributed by atoms with Crippen LogP contribution in [0.25, 0.3) is 6.08 Å². The van der Waals surface area contributed by atoms with Gasteiger partial charge in [0, 0.05) is 40.6 Å². The average Bonchev–Trinajstić information content (AvgIpc) is 3.09. The fourth-order valence-electron chi connectivity index (χ4n) is 2.72. The van der Waals surface area contributed by atoms with Crippen molar-refractivity contribution in [3.63, 3.8) is 0 Å². The molecule has 1 heterocycles. The lowest BCUT2D eigenvalue weighted by Gasteiger charge is -2.17. The van der Waals surface area contributed by atoms with Crippen LogP contribution < -0.4 is 10.2 Å². The van der Waals surface area contributed by atoms with E-state index in [1.54, 1.807) is 24.3 Å². The molecule has 1 amide bonds. The van der Waals surface area contributed by atoms with Crippen molar-refractivity contribution in [2.24, 2.45) is 0 Å². The third-order valence-electron chi connectivity index (χ3n) is 3.98. The van der Waals surface area contributed by atoms with E-state index in [1.165, 1.54) is 24.6 Å². The zero-order chi connectivity index (χ0) is 16.9. The van der Waals surface area contributed by atoms with Gasteiger partial charge in [-0.05, 0) is 60.9 Å². The number of halogens is 2. The van der Waals surface area contributed by atoms with Crippen LogP contribution in [0.2, 0.25) is 10.0 Å². The maximum Gasteiger partial charge on any atom is 0.248 e. The standard InChI is InChI=1S/C19H18Cl2N2O/c20-15-5-3-14(18(21)13-15)4-10-19(24)22-16-6-8-17(9-7-16)23-11-1-2-12-23/h3-10,13H,1-2,11-12H2,(H,22,24)/b10-4+. The second kappa shape index (κ2) is 7.73. The fraction of sp³-hybridized carbons (Fsp3) is 0.211. The molecule has 0 radical (unpaired) electrons. The van der Waals surface area contributed by atoms with Gasteiger partial charge in [0.2, 0.25) is 5.91 Å². The molecule has 2 aromatic rings. The van der Waals surface area contributed by atoms with E-state index in [9.17, 15) is 4.79 Å². The van der Waals surface area contributed by atoms with E-state index in [-0.39, 0.29) is 5.91 Å². The van der Waals surface area contributed by atoms with E-state index >= 15 is 0 Å². The molecular formula is C19H18Cl2N2O. The summed E-state index contributed by atoms with van der Waals surface area (Å²) in [4.78, 5) is 14.4. The minimum atomic E-state index is -0.199. The largest absolute Gasteiger partial charge is 0.372 e. The Kier molecular flexibility index (Phi) is 5.44. The molecule has 1 aliphatic heterocycles. The molecule has 1 saturated heterocycles. The highest BCUT2D eigenvalue weighted by molar-refractivity contribution is 6.35. The molecule has 2 aromatic carbocycles. The van der Waals surface area contributed by atoms with Crippen molar-refractivity contribution in [2.45, 2.75) is 12.8 Å². The molecule has 0 atom stereocenters. The van der Waals surface area contributed by atoms with Gasteiger partial charge in [-0.1, -0.05) is 29.3 Å². The summed E-state index contributed by atoms with van der Waals surface area (Å²) in [6, 6.07) is 13.1. The second-order valence-electron chi connectivity index (χ2n) is 5.73. The summed E-state index contributed by atoms with van der Waals surface area (Å²) in [6.07, 6.45) is 5.63. The van der Waals surface area contributed by atoms with Gasteiger partial charge in [0.15, 0.2) is 0 Å². The fourth-order valence-corrected chi connectivity index (χ4v) is 3.19. The third-order valence-corrected chi connectivity index (χ3v) is 4.55. The van der Waals surface area contributed by atoms with Crippen LogP contribution in [0.1, 0.15) is 18.4 Å². The summed E-state index contributed by atoms with van der Waals surface area (Å²) in [5.74, 6) is -0.199. The Labute approximate surface area is 151 Å². The van der Waals surface area contributed by atoms with Gasteiger partial charge >= 0.3 is 0 Å². The quantitative estimate of drug-likeness (QED) is 0.755. The maximum atomic E-state index is 12.0. The van der Waals surface area contributed by atoms with Crippen molar-refractivity contribution in [2.75, 3.05) is 23.3 Å². The van der Waals surface area contributed by atoms with E-state index in [4.69, 9.17) is 23.2 Å². The predicted octanol–water partition coefficient (Wildman–Crippen LogP) is 5.25. The van der Waals surface area contributed by atoms with Crippen molar-refractivity contribution in [3.8, 4) is 0 Å². The number of nitrogens with one attached hydrogen (secondary N) is 1. The smallest absolute Gasteiger partial charge is 0.248 e. The third kappa shape index (κ3) is 4.31. The molecule has 1 aliphatic rings. The van der Waals surface area contributed by atoms with Gasteiger partial charge in [-0.3, -0.25) is 4.79 Å². The number of hydrogen-bond donors (Lipinski definition) is 1. The van der Waals surface area contributed by atoms with Crippen molar-refractivity contribution in [1.29, 1.82) is 0 Å². The number of carbonyl (C=O) groups excluding carboxylic acids is 1. The van der Waals surface area contributed by atoms with Gasteiger partial charge < -0.3 is 10.2 Å². The Hall–Kier alpha value is -1.97. The number of carbonyl (C=O) groups is 1. The van der Waals surface area contributed by atoms with Crippen LogP contribution in [-0.4, -0.2) is 19.0 Å². The number of amides is 1. The molecule has 0 saturated carbocycles. The SMILES string of the molecule is O=C(/C=C/c1ccc(Cl)cc1Cl)Nc1ccc(N2CCCC2)cc1. The van der Waals surface area contributed by atoms with Crippen LogP contribution in [0.5, 0.6) is 0 Å². The zero-order valence-electron chi connectivity index (χ0n) is 13.1. The van der Waals surface area contributed by atoms with E-state index in [2.05, 4.69) is 10.2 Å². The van der Waals surface area contributed by atoms with Gasteiger partial charge in [-0.2, -0.15) is 0 Å². The molecule has 0 unspecified atom stereocenters. The zero-order valence-corrected chi connectivity index (χ0v) is 14.6. The summed E-state index contributed by atoms with van der Waals surface area (Å²) in [5, 5.41) is 3.93. The molecule has 24 heavy (non-hydrogen) atoms. The molecule has 1 N–H and O–H groups in total. The number of nitrogens with zero attached hydrogens (tertiary/aromatic N) is 1. The Bertz CT molecular complexity index is 750. The maximum absolute atomic E-state index is 12.0. The van der Waals surface area contributed by atoms with Gasteiger partial charge in [-0.15, -0.1) is 0 Å². The van der Waals surface area contributed by atoms with Crippen molar-refractivity contribution in [3.05, 3.63) is 64.1 Å². The number of hydrogen-bond acceptors (Lipinski definition) is 2. The normalized spacial score (nSPS) is 14.3. The lowest BCUT2D eigenvalue weighted by atomic mass is 10.2. The molecule has 3 nitrogen and oxygen atoms in total. The lowest BCUT2D eigenvalue weighted by Crippen LogP contribution is -2.17. The van der Waals surface area contributed by atoms with E-state index < -0.39 is 0 Å². The monoisotopic (exact) mass is 360 g/mol. The van der Waals surface area contributed by atoms with Crippen LogP contribution in [0.15, 0.2) is 48.5 Å². The summed E-state index contributed by atoms with van der Waals surface area (Å²) in [5.41, 5.74) is 2.73. The minimum absolute atomic E-state index is 0.199. The minimum Gasteiger partial charge on any atom is -0.372 e. The molecule has 5 heteroatoms. The Balaban J connectivity index is 1.60. The summed E-state index contributed by atoms with van der Waals surface area (Å²) >= 11 is 11.9. The van der Waals surface area contributed by atoms with E-state index in [0.29, 0.717) is 10.0 Å². The van der Waals surface area contributed by atoms with Crippen molar-refractivity contribution < 1.29 is 4.79 Å². The van der Waals surface area contributed by atoms with Gasteiger partial charge in [0.05, 0.1) is 0 Å². The Morgan fingerprint density at radius 2 is 1.75 bits per heavy atom. The molecule has 0 aromatic heterocycles. The highest BCUT2D eigenvalue weighted by Crippen LogP contribution is 2.23. The number of benzene rings is 2. The molecule has 1 fully saturated rings. The Morgan fingerprint density at radius 3 is 2.42 bits per heavy atom. The van der Waals surface area contributed by atoms with Crippen LogP contribution in [0, 0.1) is 0 Å². The van der Waals surface area contributed by atoms with E-state index in [0.717, 1.165) is 24.3 Å². The molecule has 0 aliphatic carbocycles. The average molecular weight is 361 g/mol. The van der Waals surface area contributed by atoms with Gasteiger partial charge in [0.1, 0.15) is 0 Å². The van der Waals surface area contributed by atoms with Crippen LogP contribution >= 0.6 is 23.2 Å². The molecule has 124 valence electrons. The summed E-state index contributed by atoms with van der Waals surface area (Å²) < 4.78 is 0. The van der Waals surface area contributed by atoms with Crippen LogP contribution in [-0.2, 0) is 4.79 Å². The topological polar surface area (TPSA) is 32.3 Å². The predicted molar refractivity (Wildman–Crippen MR) is 102 cm³/mol. The van der Waals surface area contributed by atoms with Crippen LogP contribution in [0.4, 0.5) is 11.4 Å². The molecule has 0 bridgehead atoms. The first kappa shape index (κ1) is 16.9. The van der Waals surface area contributed by atoms with Crippen molar-refractivity contribution in [1.82, 2.24) is 0 Å². The number of anilines is 2. The molecule has 0 spiro atoms. The van der Waals surface area contributed by atoms with Gasteiger partial charge in [-0.25, -0.2) is 0 Å². The first-order valence-electron chi connectivity index (χ1n) is 7.91. The van der Waals surface area contributed by atoms with Crippen molar-refractivity contribution >= 4 is 46.6 Å². The summed E-state index contributed by atoms with van der Waals surface area (Å²) in [7, 11) is 0. The van der Waals surface area contributed by atoms with Crippen LogP contribution in [0.3, 0.4) is 0 Å². The summed E-state index contributed by atoms with van der Waals surface area (Å²) in [6.45, 7) is 2.21. The first-order valence-corrected chi connectivity index (χ1v) is 8.66. The van der Waals surface area contributed by atoms with E-state index in [1.807, 2.05) is 24.3 Å². The highest BCUT2D eigenvalue weighted by atomic mass is 35.5. The Morgan fingerprint density at radius 1 is 1.04 bits per heavy atom. The lowest BCUT2D eigenvalue weighted by molar-refractivity contribution is -0.111. The van der Waals surface area contributed by atoms with Gasteiger partial charge in [0.25, 0.3) is 0 Å². The first-order chi connectivity index (χ1) is 11.6. The highest BCUT2D eigenvalue weighted by Gasteiger charge is 2.11. The molecular weight excluding hydrogens is 343 g/mol. The second-order valence-corrected chi connectivity index (χ2v) is 6.57. The molecule has 3 rings (SSSR count). The number of rotatable bonds is 4.